The normalized spacial score (nSPS) is 12.0. The number of hydrogen-bond donors (Lipinski definition) is 0. The third-order valence-electron chi connectivity index (χ3n) is 5.53. The van der Waals surface area contributed by atoms with E-state index < -0.39 is 0 Å². The van der Waals surface area contributed by atoms with Crippen LogP contribution in [0.25, 0.3) is 11.1 Å². The standard InChI is InChI=1S/C26H21N3O.CH2O/c1-28-23-11-5-6-12-24(23)29(18-22-10-7-17-27-25(22)28)26(30)21-15-13-20(14-16-21)19-8-3-2-4-9-19;1-2/h2-17H,18H2,1H3;1H2. The van der Waals surface area contributed by atoms with E-state index in [0.29, 0.717) is 12.1 Å². The number of nitrogens with zero attached hydrogens (tertiary/aromatic N) is 3. The summed E-state index contributed by atoms with van der Waals surface area (Å²) in [6.07, 6.45) is 1.79. The Balaban J connectivity index is 0.00000119. The summed E-state index contributed by atoms with van der Waals surface area (Å²) in [5.74, 6) is 0.854. The number of benzene rings is 3. The van der Waals surface area contributed by atoms with Gasteiger partial charge in [-0.1, -0.05) is 60.7 Å². The number of anilines is 3. The molecule has 0 fully saturated rings. The van der Waals surface area contributed by atoms with Gasteiger partial charge in [-0.15, -0.1) is 0 Å². The molecule has 158 valence electrons. The zero-order valence-corrected chi connectivity index (χ0v) is 17.8. The van der Waals surface area contributed by atoms with Crippen molar-refractivity contribution in [3.05, 3.63) is 108 Å². The average molecular weight is 422 g/mol. The van der Waals surface area contributed by atoms with E-state index in [1.165, 1.54) is 0 Å². The molecular formula is C27H23N3O2. The topological polar surface area (TPSA) is 53.5 Å². The van der Waals surface area contributed by atoms with E-state index in [2.05, 4.69) is 22.0 Å². The minimum Gasteiger partial charge on any atom is -0.327 e. The molecular weight excluding hydrogens is 398 g/mol. The fourth-order valence-corrected chi connectivity index (χ4v) is 3.97. The van der Waals surface area contributed by atoms with Crippen LogP contribution in [0.2, 0.25) is 0 Å². The fourth-order valence-electron chi connectivity index (χ4n) is 3.97. The predicted molar refractivity (Wildman–Crippen MR) is 128 cm³/mol. The molecule has 0 N–H and O–H groups in total. The van der Waals surface area contributed by atoms with Crippen LogP contribution in [0.15, 0.2) is 97.2 Å². The first-order valence-corrected chi connectivity index (χ1v) is 10.3. The average Bonchev–Trinajstić information content (AvgIpc) is 3.00. The second-order valence-corrected chi connectivity index (χ2v) is 7.37. The van der Waals surface area contributed by atoms with E-state index in [4.69, 9.17) is 4.79 Å². The molecule has 5 nitrogen and oxygen atoms in total. The maximum Gasteiger partial charge on any atom is 0.258 e. The van der Waals surface area contributed by atoms with Gasteiger partial charge >= 0.3 is 0 Å². The van der Waals surface area contributed by atoms with Gasteiger partial charge in [0.2, 0.25) is 0 Å². The first-order valence-electron chi connectivity index (χ1n) is 10.3. The third-order valence-corrected chi connectivity index (χ3v) is 5.53. The number of aromatic nitrogens is 1. The van der Waals surface area contributed by atoms with E-state index in [9.17, 15) is 4.79 Å². The van der Waals surface area contributed by atoms with Crippen molar-refractivity contribution in [3.8, 4) is 11.1 Å². The minimum atomic E-state index is -0.0211. The zero-order valence-electron chi connectivity index (χ0n) is 17.8. The van der Waals surface area contributed by atoms with Crippen LogP contribution in [0.4, 0.5) is 17.2 Å². The maximum atomic E-state index is 13.6. The highest BCUT2D eigenvalue weighted by Crippen LogP contribution is 2.39. The van der Waals surface area contributed by atoms with E-state index in [1.54, 1.807) is 6.20 Å². The molecule has 1 aliphatic rings. The molecule has 3 aromatic carbocycles. The summed E-state index contributed by atoms with van der Waals surface area (Å²) < 4.78 is 0. The summed E-state index contributed by atoms with van der Waals surface area (Å²) in [6, 6.07) is 29.9. The molecule has 0 spiro atoms. The van der Waals surface area contributed by atoms with Gasteiger partial charge in [0.15, 0.2) is 0 Å². The van der Waals surface area contributed by atoms with Gasteiger partial charge < -0.3 is 14.6 Å². The molecule has 1 aliphatic heterocycles. The number of pyridine rings is 1. The molecule has 0 bridgehead atoms. The predicted octanol–water partition coefficient (Wildman–Crippen LogP) is 5.49. The van der Waals surface area contributed by atoms with Gasteiger partial charge in [0.05, 0.1) is 17.9 Å². The zero-order chi connectivity index (χ0) is 22.5. The van der Waals surface area contributed by atoms with Crippen LogP contribution in [0.5, 0.6) is 0 Å². The van der Waals surface area contributed by atoms with Gasteiger partial charge in [-0.2, -0.15) is 0 Å². The summed E-state index contributed by atoms with van der Waals surface area (Å²) in [6.45, 7) is 2.48. The number of rotatable bonds is 2. The number of hydrogen-bond acceptors (Lipinski definition) is 4. The third kappa shape index (κ3) is 3.88. The second kappa shape index (κ2) is 9.27. The molecule has 0 unspecified atom stereocenters. The fraction of sp³-hybridized carbons (Fsp3) is 0.0741. The van der Waals surface area contributed by atoms with E-state index >= 15 is 0 Å². The Morgan fingerprint density at radius 1 is 0.781 bits per heavy atom. The van der Waals surface area contributed by atoms with Crippen LogP contribution in [0.3, 0.4) is 0 Å². The molecule has 5 rings (SSSR count). The molecule has 0 saturated carbocycles. The molecule has 0 radical (unpaired) electrons. The van der Waals surface area contributed by atoms with Crippen molar-refractivity contribution in [1.82, 2.24) is 4.98 Å². The highest BCUT2D eigenvalue weighted by Gasteiger charge is 2.27. The number of para-hydroxylation sites is 2. The highest BCUT2D eigenvalue weighted by molar-refractivity contribution is 6.08. The monoisotopic (exact) mass is 421 g/mol. The van der Waals surface area contributed by atoms with Gasteiger partial charge in [0, 0.05) is 24.4 Å². The summed E-state index contributed by atoms with van der Waals surface area (Å²) in [5, 5.41) is 0. The van der Waals surface area contributed by atoms with Crippen LogP contribution < -0.4 is 9.80 Å². The lowest BCUT2D eigenvalue weighted by molar-refractivity contribution is -0.0980. The smallest absolute Gasteiger partial charge is 0.258 e. The molecule has 0 atom stereocenters. The number of carbonyl (C=O) groups is 2. The van der Waals surface area contributed by atoms with Crippen LogP contribution in [0.1, 0.15) is 15.9 Å². The molecule has 5 heteroatoms. The first-order chi connectivity index (χ1) is 15.7. The molecule has 0 aliphatic carbocycles. The Bertz CT molecular complexity index is 1220. The lowest BCUT2D eigenvalue weighted by Crippen LogP contribution is -2.30. The first kappa shape index (κ1) is 21.0. The minimum absolute atomic E-state index is 0.0211. The van der Waals surface area contributed by atoms with Crippen LogP contribution in [0, 0.1) is 0 Å². The summed E-state index contributed by atoms with van der Waals surface area (Å²) >= 11 is 0. The van der Waals surface area contributed by atoms with Gasteiger partial charge in [-0.25, -0.2) is 4.98 Å². The molecule has 1 amide bonds. The van der Waals surface area contributed by atoms with Crippen LogP contribution in [-0.2, 0) is 11.3 Å². The number of carbonyl (C=O) groups excluding carboxylic acids is 2. The molecule has 0 saturated heterocycles. The Morgan fingerprint density at radius 3 is 2.12 bits per heavy atom. The second-order valence-electron chi connectivity index (χ2n) is 7.37. The quantitative estimate of drug-likeness (QED) is 0.429. The van der Waals surface area contributed by atoms with E-state index in [0.717, 1.165) is 33.9 Å². The summed E-state index contributed by atoms with van der Waals surface area (Å²) in [7, 11) is 1.99. The van der Waals surface area contributed by atoms with Gasteiger partial charge in [-0.05, 0) is 41.5 Å². The Hall–Kier alpha value is -4.25. The van der Waals surface area contributed by atoms with Gasteiger partial charge in [0.25, 0.3) is 5.91 Å². The molecule has 2 heterocycles. The molecule has 1 aromatic heterocycles. The maximum absolute atomic E-state index is 13.6. The largest absolute Gasteiger partial charge is 0.327 e. The number of fused-ring (bicyclic) bond motifs is 2. The molecule has 4 aromatic rings. The molecule has 32 heavy (non-hydrogen) atoms. The Morgan fingerprint density at radius 2 is 1.41 bits per heavy atom. The van der Waals surface area contributed by atoms with Crippen molar-refractivity contribution in [3.63, 3.8) is 0 Å². The van der Waals surface area contributed by atoms with Crippen molar-refractivity contribution in [2.24, 2.45) is 0 Å². The Labute approximate surface area is 187 Å². The van der Waals surface area contributed by atoms with Crippen molar-refractivity contribution in [2.45, 2.75) is 6.54 Å². The SMILES string of the molecule is C=O.CN1c2ccccc2N(C(=O)c2ccc(-c3ccccc3)cc2)Cc2cccnc21. The summed E-state index contributed by atoms with van der Waals surface area (Å²) in [5.41, 5.74) is 5.76. The van der Waals surface area contributed by atoms with E-state index in [1.807, 2.05) is 97.6 Å². The van der Waals surface area contributed by atoms with E-state index in [-0.39, 0.29) is 5.91 Å². The van der Waals surface area contributed by atoms with Gasteiger partial charge in [0.1, 0.15) is 12.6 Å². The van der Waals surface area contributed by atoms with Crippen LogP contribution >= 0.6 is 0 Å². The van der Waals surface area contributed by atoms with Crippen molar-refractivity contribution in [1.29, 1.82) is 0 Å². The van der Waals surface area contributed by atoms with Crippen LogP contribution in [-0.4, -0.2) is 24.7 Å². The Kier molecular flexibility index (Phi) is 6.08. The lowest BCUT2D eigenvalue weighted by Gasteiger charge is -2.24. The van der Waals surface area contributed by atoms with Crippen molar-refractivity contribution < 1.29 is 9.59 Å². The highest BCUT2D eigenvalue weighted by atomic mass is 16.2. The summed E-state index contributed by atoms with van der Waals surface area (Å²) in [4.78, 5) is 30.0. The number of amides is 1. The van der Waals surface area contributed by atoms with Gasteiger partial charge in [-0.3, -0.25) is 4.79 Å². The van der Waals surface area contributed by atoms with Crippen molar-refractivity contribution >= 4 is 29.9 Å². The van der Waals surface area contributed by atoms with Crippen molar-refractivity contribution in [2.75, 3.05) is 16.8 Å². The lowest BCUT2D eigenvalue weighted by atomic mass is 10.0.